The maximum absolute atomic E-state index is 12.2. The first-order valence-electron chi connectivity index (χ1n) is 7.59. The van der Waals surface area contributed by atoms with Crippen molar-refractivity contribution >= 4 is 11.7 Å². The fourth-order valence-electron chi connectivity index (χ4n) is 2.16. The van der Waals surface area contributed by atoms with Crippen molar-refractivity contribution in [3.8, 4) is 0 Å². The van der Waals surface area contributed by atoms with Gasteiger partial charge in [0.25, 0.3) is 5.91 Å². The standard InChI is InChI=1S/C15H24N4O/c1-3-7-17-14-10-16-9-13(19-14)15(20)18-12(4-2)8-11-5-6-11/h9-12H,3-8H2,1-2H3,(H,17,19)(H,18,20). The van der Waals surface area contributed by atoms with Crippen molar-refractivity contribution in [3.05, 3.63) is 18.1 Å². The van der Waals surface area contributed by atoms with E-state index in [0.717, 1.165) is 31.7 Å². The summed E-state index contributed by atoms with van der Waals surface area (Å²) < 4.78 is 0. The predicted molar refractivity (Wildman–Crippen MR) is 79.7 cm³/mol. The molecule has 110 valence electrons. The summed E-state index contributed by atoms with van der Waals surface area (Å²) in [6.45, 7) is 5.03. The zero-order valence-corrected chi connectivity index (χ0v) is 12.4. The van der Waals surface area contributed by atoms with Gasteiger partial charge in [-0.15, -0.1) is 0 Å². The van der Waals surface area contributed by atoms with E-state index in [0.29, 0.717) is 11.5 Å². The normalized spacial score (nSPS) is 15.7. The minimum absolute atomic E-state index is 0.120. The molecule has 0 aliphatic heterocycles. The highest BCUT2D eigenvalue weighted by Crippen LogP contribution is 2.34. The molecule has 5 heteroatoms. The molecule has 1 aromatic rings. The van der Waals surface area contributed by atoms with Gasteiger partial charge in [-0.05, 0) is 25.2 Å². The minimum atomic E-state index is -0.120. The van der Waals surface area contributed by atoms with E-state index in [4.69, 9.17) is 0 Å². The van der Waals surface area contributed by atoms with Crippen LogP contribution >= 0.6 is 0 Å². The van der Waals surface area contributed by atoms with Gasteiger partial charge in [0.1, 0.15) is 11.5 Å². The second kappa shape index (κ2) is 7.22. The van der Waals surface area contributed by atoms with Crippen LogP contribution in [0.5, 0.6) is 0 Å². The van der Waals surface area contributed by atoms with E-state index in [1.165, 1.54) is 19.0 Å². The molecule has 1 aliphatic rings. The second-order valence-corrected chi connectivity index (χ2v) is 5.47. The third-order valence-electron chi connectivity index (χ3n) is 3.57. The lowest BCUT2D eigenvalue weighted by atomic mass is 10.1. The highest BCUT2D eigenvalue weighted by molar-refractivity contribution is 5.92. The first-order valence-corrected chi connectivity index (χ1v) is 7.59. The quantitative estimate of drug-likeness (QED) is 0.766. The summed E-state index contributed by atoms with van der Waals surface area (Å²) in [5, 5.41) is 6.21. The first kappa shape index (κ1) is 14.8. The summed E-state index contributed by atoms with van der Waals surface area (Å²) in [5.74, 6) is 1.35. The topological polar surface area (TPSA) is 66.9 Å². The summed E-state index contributed by atoms with van der Waals surface area (Å²) in [6.07, 6.45) is 8.85. The molecule has 1 amide bonds. The fourth-order valence-corrected chi connectivity index (χ4v) is 2.16. The van der Waals surface area contributed by atoms with Crippen molar-refractivity contribution in [3.63, 3.8) is 0 Å². The highest BCUT2D eigenvalue weighted by Gasteiger charge is 2.25. The molecule has 2 rings (SSSR count). The van der Waals surface area contributed by atoms with Crippen molar-refractivity contribution < 1.29 is 4.79 Å². The minimum Gasteiger partial charge on any atom is -0.369 e. The van der Waals surface area contributed by atoms with Gasteiger partial charge in [0.2, 0.25) is 0 Å². The Morgan fingerprint density at radius 2 is 2.20 bits per heavy atom. The summed E-state index contributed by atoms with van der Waals surface area (Å²) in [4.78, 5) is 20.6. The van der Waals surface area contributed by atoms with Crippen LogP contribution in [0.3, 0.4) is 0 Å². The average Bonchev–Trinajstić information content (AvgIpc) is 3.28. The van der Waals surface area contributed by atoms with E-state index >= 15 is 0 Å². The molecule has 2 N–H and O–H groups in total. The molecule has 0 radical (unpaired) electrons. The van der Waals surface area contributed by atoms with E-state index in [2.05, 4.69) is 34.4 Å². The molecular weight excluding hydrogens is 252 g/mol. The summed E-state index contributed by atoms with van der Waals surface area (Å²) in [7, 11) is 0. The maximum Gasteiger partial charge on any atom is 0.271 e. The van der Waals surface area contributed by atoms with Crippen LogP contribution in [0.15, 0.2) is 12.4 Å². The van der Waals surface area contributed by atoms with Crippen LogP contribution in [0.4, 0.5) is 5.82 Å². The molecule has 1 fully saturated rings. The number of carbonyl (C=O) groups is 1. The Bertz CT molecular complexity index is 445. The molecule has 1 heterocycles. The van der Waals surface area contributed by atoms with Gasteiger partial charge in [0.05, 0.1) is 12.4 Å². The number of anilines is 1. The lowest BCUT2D eigenvalue weighted by Gasteiger charge is -2.16. The van der Waals surface area contributed by atoms with Crippen LogP contribution in [0, 0.1) is 5.92 Å². The average molecular weight is 276 g/mol. The molecular formula is C15H24N4O. The van der Waals surface area contributed by atoms with Crippen LogP contribution in [-0.2, 0) is 0 Å². The molecule has 1 unspecified atom stereocenters. The van der Waals surface area contributed by atoms with E-state index in [1.807, 2.05) is 0 Å². The number of aromatic nitrogens is 2. The van der Waals surface area contributed by atoms with Gasteiger partial charge in [-0.3, -0.25) is 9.78 Å². The first-order chi connectivity index (χ1) is 9.72. The number of nitrogens with one attached hydrogen (secondary N) is 2. The Kier molecular flexibility index (Phi) is 5.32. The van der Waals surface area contributed by atoms with Gasteiger partial charge >= 0.3 is 0 Å². The highest BCUT2D eigenvalue weighted by atomic mass is 16.1. The number of rotatable bonds is 8. The lowest BCUT2D eigenvalue weighted by molar-refractivity contribution is 0.0927. The molecule has 1 atom stereocenters. The van der Waals surface area contributed by atoms with Crippen LogP contribution in [0.25, 0.3) is 0 Å². The SMILES string of the molecule is CCCNc1cncc(C(=O)NC(CC)CC2CC2)n1. The van der Waals surface area contributed by atoms with Crippen LogP contribution < -0.4 is 10.6 Å². The van der Waals surface area contributed by atoms with E-state index in [1.54, 1.807) is 6.20 Å². The van der Waals surface area contributed by atoms with Gasteiger partial charge < -0.3 is 10.6 Å². The molecule has 0 spiro atoms. The van der Waals surface area contributed by atoms with Gasteiger partial charge in [-0.2, -0.15) is 0 Å². The third-order valence-corrected chi connectivity index (χ3v) is 3.57. The summed E-state index contributed by atoms with van der Waals surface area (Å²) in [6, 6.07) is 0.254. The third kappa shape index (κ3) is 4.47. The maximum atomic E-state index is 12.2. The van der Waals surface area contributed by atoms with Gasteiger partial charge in [0, 0.05) is 12.6 Å². The largest absolute Gasteiger partial charge is 0.369 e. The van der Waals surface area contributed by atoms with Crippen molar-refractivity contribution in [2.75, 3.05) is 11.9 Å². The predicted octanol–water partition coefficient (Wildman–Crippen LogP) is 2.61. The van der Waals surface area contributed by atoms with Crippen LogP contribution in [-0.4, -0.2) is 28.5 Å². The smallest absolute Gasteiger partial charge is 0.271 e. The van der Waals surface area contributed by atoms with Crippen LogP contribution in [0.1, 0.15) is 56.4 Å². The zero-order chi connectivity index (χ0) is 14.4. The Labute approximate surface area is 120 Å². The number of hydrogen-bond acceptors (Lipinski definition) is 4. The molecule has 0 bridgehead atoms. The van der Waals surface area contributed by atoms with Crippen molar-refractivity contribution in [2.24, 2.45) is 5.92 Å². The molecule has 1 aromatic heterocycles. The van der Waals surface area contributed by atoms with E-state index in [9.17, 15) is 4.79 Å². The van der Waals surface area contributed by atoms with Crippen LogP contribution in [0.2, 0.25) is 0 Å². The molecule has 20 heavy (non-hydrogen) atoms. The number of carbonyl (C=O) groups excluding carboxylic acids is 1. The number of nitrogens with zero attached hydrogens (tertiary/aromatic N) is 2. The zero-order valence-electron chi connectivity index (χ0n) is 12.4. The molecule has 0 aromatic carbocycles. The van der Waals surface area contributed by atoms with Crippen molar-refractivity contribution in [2.45, 2.75) is 52.0 Å². The molecule has 5 nitrogen and oxygen atoms in total. The molecule has 1 saturated carbocycles. The van der Waals surface area contributed by atoms with E-state index in [-0.39, 0.29) is 11.9 Å². The van der Waals surface area contributed by atoms with E-state index < -0.39 is 0 Å². The van der Waals surface area contributed by atoms with Gasteiger partial charge in [0.15, 0.2) is 0 Å². The Hall–Kier alpha value is -1.65. The monoisotopic (exact) mass is 276 g/mol. The Morgan fingerprint density at radius 1 is 1.40 bits per heavy atom. The van der Waals surface area contributed by atoms with Gasteiger partial charge in [-0.25, -0.2) is 4.98 Å². The Balaban J connectivity index is 1.92. The number of amides is 1. The number of hydrogen-bond donors (Lipinski definition) is 2. The Morgan fingerprint density at radius 3 is 2.85 bits per heavy atom. The summed E-state index contributed by atoms with van der Waals surface area (Å²) in [5.41, 5.74) is 0.389. The lowest BCUT2D eigenvalue weighted by Crippen LogP contribution is -2.35. The molecule has 1 aliphatic carbocycles. The fraction of sp³-hybridized carbons (Fsp3) is 0.667. The summed E-state index contributed by atoms with van der Waals surface area (Å²) >= 11 is 0. The van der Waals surface area contributed by atoms with Crippen molar-refractivity contribution in [1.29, 1.82) is 0 Å². The second-order valence-electron chi connectivity index (χ2n) is 5.47. The molecule has 0 saturated heterocycles. The van der Waals surface area contributed by atoms with Crippen molar-refractivity contribution in [1.82, 2.24) is 15.3 Å². The van der Waals surface area contributed by atoms with Gasteiger partial charge in [-0.1, -0.05) is 26.7 Å².